The van der Waals surface area contributed by atoms with Crippen molar-refractivity contribution >= 4 is 46.0 Å². The minimum absolute atomic E-state index is 0.000678. The summed E-state index contributed by atoms with van der Waals surface area (Å²) in [5, 5.41) is 7.29. The number of esters is 1. The molecule has 1 N–H and O–H groups in total. The zero-order chi connectivity index (χ0) is 20.1. The SMILES string of the molecule is CC(=O)c1cccc(NC(=O)[C@H](C)OC(=O)Cc2csc(-c3cccs3)n2)c1. The standard InChI is InChI=1S/C20H18N2O4S2/c1-12(23)14-5-3-6-15(9-14)21-19(25)13(2)26-18(24)10-16-11-28-20(22-16)17-7-4-8-27-17/h3-9,11,13H,10H2,1-2H3,(H,21,25)/t13-/m0/s1. The zero-order valence-corrected chi connectivity index (χ0v) is 16.9. The predicted molar refractivity (Wildman–Crippen MR) is 110 cm³/mol. The van der Waals surface area contributed by atoms with E-state index in [0.29, 0.717) is 16.9 Å². The molecule has 2 heterocycles. The number of Topliss-reactive ketones (excluding diaryl/α,β-unsaturated/α-hetero) is 1. The van der Waals surface area contributed by atoms with Crippen LogP contribution in [0.4, 0.5) is 5.69 Å². The molecule has 3 aromatic rings. The van der Waals surface area contributed by atoms with Crippen molar-refractivity contribution in [1.82, 2.24) is 4.98 Å². The van der Waals surface area contributed by atoms with Crippen LogP contribution in [-0.4, -0.2) is 28.7 Å². The summed E-state index contributed by atoms with van der Waals surface area (Å²) in [7, 11) is 0. The molecule has 1 aromatic carbocycles. The second kappa shape index (κ2) is 8.90. The van der Waals surface area contributed by atoms with Crippen molar-refractivity contribution in [2.45, 2.75) is 26.4 Å². The van der Waals surface area contributed by atoms with Crippen LogP contribution in [0.15, 0.2) is 47.2 Å². The number of anilines is 1. The molecule has 28 heavy (non-hydrogen) atoms. The average molecular weight is 415 g/mol. The fraction of sp³-hybridized carbons (Fsp3) is 0.200. The first kappa shape index (κ1) is 19.9. The summed E-state index contributed by atoms with van der Waals surface area (Å²) in [5.74, 6) is -1.09. The first-order chi connectivity index (χ1) is 13.4. The van der Waals surface area contributed by atoms with Crippen LogP contribution in [0.25, 0.3) is 9.88 Å². The number of thiophene rings is 1. The van der Waals surface area contributed by atoms with Gasteiger partial charge in [-0.05, 0) is 37.4 Å². The van der Waals surface area contributed by atoms with E-state index in [-0.39, 0.29) is 12.2 Å². The first-order valence-corrected chi connectivity index (χ1v) is 10.3. The molecule has 6 nitrogen and oxygen atoms in total. The van der Waals surface area contributed by atoms with Crippen LogP contribution in [0.2, 0.25) is 0 Å². The number of amides is 1. The van der Waals surface area contributed by atoms with E-state index in [1.807, 2.05) is 22.9 Å². The van der Waals surface area contributed by atoms with Gasteiger partial charge in [-0.3, -0.25) is 14.4 Å². The maximum Gasteiger partial charge on any atom is 0.312 e. The molecule has 0 fully saturated rings. The van der Waals surface area contributed by atoms with Gasteiger partial charge in [-0.2, -0.15) is 0 Å². The fourth-order valence-corrected chi connectivity index (χ4v) is 4.04. The van der Waals surface area contributed by atoms with Gasteiger partial charge in [0, 0.05) is 16.6 Å². The highest BCUT2D eigenvalue weighted by atomic mass is 32.1. The van der Waals surface area contributed by atoms with E-state index in [1.165, 1.54) is 25.2 Å². The highest BCUT2D eigenvalue weighted by Gasteiger charge is 2.19. The lowest BCUT2D eigenvalue weighted by molar-refractivity contribution is -0.152. The van der Waals surface area contributed by atoms with E-state index in [9.17, 15) is 14.4 Å². The van der Waals surface area contributed by atoms with E-state index in [1.54, 1.807) is 35.6 Å². The lowest BCUT2D eigenvalue weighted by Gasteiger charge is -2.13. The van der Waals surface area contributed by atoms with E-state index >= 15 is 0 Å². The highest BCUT2D eigenvalue weighted by molar-refractivity contribution is 7.20. The van der Waals surface area contributed by atoms with Gasteiger partial charge in [0.05, 0.1) is 17.0 Å². The molecular weight excluding hydrogens is 396 g/mol. The van der Waals surface area contributed by atoms with Crippen molar-refractivity contribution in [3.8, 4) is 9.88 Å². The molecule has 1 amide bonds. The minimum atomic E-state index is -0.969. The average Bonchev–Trinajstić information content (AvgIpc) is 3.33. The third kappa shape index (κ3) is 5.11. The van der Waals surface area contributed by atoms with Crippen LogP contribution >= 0.6 is 22.7 Å². The van der Waals surface area contributed by atoms with Crippen LogP contribution < -0.4 is 5.32 Å². The van der Waals surface area contributed by atoms with Gasteiger partial charge in [-0.1, -0.05) is 18.2 Å². The second-order valence-electron chi connectivity index (χ2n) is 6.06. The van der Waals surface area contributed by atoms with Crippen molar-refractivity contribution in [1.29, 1.82) is 0 Å². The lowest BCUT2D eigenvalue weighted by atomic mass is 10.1. The number of hydrogen-bond acceptors (Lipinski definition) is 7. The Hall–Kier alpha value is -2.84. The van der Waals surface area contributed by atoms with Crippen molar-refractivity contribution in [3.05, 3.63) is 58.4 Å². The molecule has 0 aliphatic rings. The van der Waals surface area contributed by atoms with E-state index in [4.69, 9.17) is 4.74 Å². The Morgan fingerprint density at radius 2 is 2.00 bits per heavy atom. The molecule has 144 valence electrons. The Morgan fingerprint density at radius 1 is 1.18 bits per heavy atom. The molecule has 0 bridgehead atoms. The van der Waals surface area contributed by atoms with Crippen LogP contribution in [0.1, 0.15) is 29.9 Å². The summed E-state index contributed by atoms with van der Waals surface area (Å²) in [6.07, 6.45) is -0.969. The van der Waals surface area contributed by atoms with Crippen LogP contribution in [0.5, 0.6) is 0 Å². The Labute approximate surface area is 170 Å². The maximum absolute atomic E-state index is 12.3. The number of carbonyl (C=O) groups excluding carboxylic acids is 3. The predicted octanol–water partition coefficient (Wildman–Crippen LogP) is 4.19. The third-order valence-corrected chi connectivity index (χ3v) is 5.75. The van der Waals surface area contributed by atoms with Crippen molar-refractivity contribution in [2.75, 3.05) is 5.32 Å². The number of hydrogen-bond donors (Lipinski definition) is 1. The summed E-state index contributed by atoms with van der Waals surface area (Å²) in [6.45, 7) is 2.95. The molecule has 0 radical (unpaired) electrons. The molecule has 0 aliphatic heterocycles. The zero-order valence-electron chi connectivity index (χ0n) is 15.3. The summed E-state index contributed by atoms with van der Waals surface area (Å²) in [5.41, 5.74) is 1.58. The molecule has 0 aliphatic carbocycles. The van der Waals surface area contributed by atoms with Crippen molar-refractivity contribution in [3.63, 3.8) is 0 Å². The van der Waals surface area contributed by atoms with Crippen molar-refractivity contribution in [2.24, 2.45) is 0 Å². The minimum Gasteiger partial charge on any atom is -0.452 e. The number of aromatic nitrogens is 1. The summed E-state index contributed by atoms with van der Waals surface area (Å²) >= 11 is 3.05. The summed E-state index contributed by atoms with van der Waals surface area (Å²) < 4.78 is 5.22. The van der Waals surface area contributed by atoms with Crippen LogP contribution in [0.3, 0.4) is 0 Å². The molecule has 2 aromatic heterocycles. The monoisotopic (exact) mass is 414 g/mol. The molecule has 0 unspecified atom stereocenters. The van der Waals surface area contributed by atoms with Gasteiger partial charge in [0.2, 0.25) is 0 Å². The normalized spacial score (nSPS) is 11.6. The topological polar surface area (TPSA) is 85.4 Å². The summed E-state index contributed by atoms with van der Waals surface area (Å²) in [4.78, 5) is 41.3. The number of nitrogens with one attached hydrogen (secondary N) is 1. The van der Waals surface area contributed by atoms with Gasteiger partial charge in [-0.15, -0.1) is 22.7 Å². The number of benzene rings is 1. The van der Waals surface area contributed by atoms with E-state index in [2.05, 4.69) is 10.3 Å². The Morgan fingerprint density at radius 3 is 2.71 bits per heavy atom. The number of ether oxygens (including phenoxy) is 1. The molecule has 1 atom stereocenters. The molecule has 0 saturated carbocycles. The second-order valence-corrected chi connectivity index (χ2v) is 7.86. The van der Waals surface area contributed by atoms with Gasteiger partial charge in [0.25, 0.3) is 5.91 Å². The van der Waals surface area contributed by atoms with Crippen molar-refractivity contribution < 1.29 is 19.1 Å². The van der Waals surface area contributed by atoms with Gasteiger partial charge >= 0.3 is 5.97 Å². The van der Waals surface area contributed by atoms with Gasteiger partial charge in [0.15, 0.2) is 11.9 Å². The number of thiazole rings is 1. The Balaban J connectivity index is 1.54. The number of carbonyl (C=O) groups is 3. The third-order valence-electron chi connectivity index (χ3n) is 3.82. The maximum atomic E-state index is 12.3. The lowest BCUT2D eigenvalue weighted by Crippen LogP contribution is -2.30. The van der Waals surface area contributed by atoms with Crippen LogP contribution in [0, 0.1) is 0 Å². The molecule has 8 heteroatoms. The molecule has 0 saturated heterocycles. The van der Waals surface area contributed by atoms with E-state index < -0.39 is 18.0 Å². The molecule has 3 rings (SSSR count). The number of nitrogens with zero attached hydrogens (tertiary/aromatic N) is 1. The fourth-order valence-electron chi connectivity index (χ4n) is 2.40. The van der Waals surface area contributed by atoms with E-state index in [0.717, 1.165) is 9.88 Å². The van der Waals surface area contributed by atoms with Gasteiger partial charge < -0.3 is 10.1 Å². The number of ketones is 1. The molecular formula is C20H18N2O4S2. The van der Waals surface area contributed by atoms with Gasteiger partial charge in [-0.25, -0.2) is 4.98 Å². The Kier molecular flexibility index (Phi) is 6.33. The smallest absolute Gasteiger partial charge is 0.312 e. The molecule has 0 spiro atoms. The summed E-state index contributed by atoms with van der Waals surface area (Å²) in [6, 6.07) is 10.5. The van der Waals surface area contributed by atoms with Gasteiger partial charge in [0.1, 0.15) is 5.01 Å². The largest absolute Gasteiger partial charge is 0.452 e. The highest BCUT2D eigenvalue weighted by Crippen LogP contribution is 2.28. The van der Waals surface area contributed by atoms with Crippen LogP contribution in [-0.2, 0) is 20.7 Å². The number of rotatable bonds is 7. The first-order valence-electron chi connectivity index (χ1n) is 8.52. The Bertz CT molecular complexity index is 995. The quantitative estimate of drug-likeness (QED) is 0.463.